The zero-order valence-corrected chi connectivity index (χ0v) is 24.5. The van der Waals surface area contributed by atoms with E-state index in [-0.39, 0.29) is 11.1 Å². The van der Waals surface area contributed by atoms with Crippen molar-refractivity contribution in [2.45, 2.75) is 94.3 Å². The van der Waals surface area contributed by atoms with E-state index in [2.05, 4.69) is 19.1 Å². The van der Waals surface area contributed by atoms with Gasteiger partial charge in [0.1, 0.15) is 9.79 Å². The van der Waals surface area contributed by atoms with Crippen LogP contribution in [-0.4, -0.2) is 25.9 Å². The number of hydrogen-bond donors (Lipinski definition) is 2. The van der Waals surface area contributed by atoms with Crippen LogP contribution in [-0.2, 0) is 26.7 Å². The number of aryl methyl sites for hydroxylation is 2. The van der Waals surface area contributed by atoms with Crippen LogP contribution in [0.3, 0.4) is 0 Å². The Morgan fingerprint density at radius 3 is 1.77 bits per heavy atom. The molecule has 0 unspecified atom stereocenters. The lowest BCUT2D eigenvalue weighted by Gasteiger charge is -2.15. The Morgan fingerprint density at radius 2 is 1.15 bits per heavy atom. The van der Waals surface area contributed by atoms with E-state index in [0.29, 0.717) is 5.56 Å². The molecule has 6 nitrogen and oxygen atoms in total. The fraction of sp³-hybridized carbons (Fsp3) is 0.419. The molecule has 0 bridgehead atoms. The highest BCUT2D eigenvalue weighted by Gasteiger charge is 2.23. The molecule has 0 fully saturated rings. The minimum absolute atomic E-state index is 0.00588. The van der Waals surface area contributed by atoms with Crippen LogP contribution in [0.2, 0.25) is 0 Å². The zero-order valence-electron chi connectivity index (χ0n) is 22.9. The Kier molecular flexibility index (Phi) is 11.3. The molecule has 0 aromatic heterocycles. The highest BCUT2D eigenvalue weighted by atomic mass is 32.2. The van der Waals surface area contributed by atoms with Crippen LogP contribution in [0.15, 0.2) is 70.5 Å². The van der Waals surface area contributed by atoms with Crippen LogP contribution in [0.25, 0.3) is 22.3 Å². The largest absolute Gasteiger partial charge is 0.295 e. The van der Waals surface area contributed by atoms with E-state index >= 15 is 0 Å². The van der Waals surface area contributed by atoms with E-state index in [1.54, 1.807) is 6.07 Å². The average molecular weight is 573 g/mol. The second-order valence-corrected chi connectivity index (χ2v) is 13.0. The first-order chi connectivity index (χ1) is 18.5. The lowest BCUT2D eigenvalue weighted by molar-refractivity contribution is 0.480. The van der Waals surface area contributed by atoms with Gasteiger partial charge in [-0.3, -0.25) is 9.11 Å². The molecule has 0 amide bonds. The Bertz CT molecular complexity index is 1460. The summed E-state index contributed by atoms with van der Waals surface area (Å²) in [7, 11) is -9.32. The van der Waals surface area contributed by atoms with Crippen LogP contribution < -0.4 is 0 Å². The topological polar surface area (TPSA) is 109 Å². The maximum Gasteiger partial charge on any atom is 0.295 e. The lowest BCUT2D eigenvalue weighted by Crippen LogP contribution is -2.05. The molecule has 0 radical (unpaired) electrons. The van der Waals surface area contributed by atoms with Crippen LogP contribution in [0.1, 0.15) is 82.3 Å². The third kappa shape index (κ3) is 9.00. The Hall–Kier alpha value is -2.52. The first-order valence-corrected chi connectivity index (χ1v) is 16.7. The predicted octanol–water partition coefficient (Wildman–Crippen LogP) is 8.29. The van der Waals surface area contributed by atoms with Crippen molar-refractivity contribution in [1.82, 2.24) is 0 Å². The van der Waals surface area contributed by atoms with Gasteiger partial charge in [0.2, 0.25) is 0 Å². The van der Waals surface area contributed by atoms with Gasteiger partial charge < -0.3 is 0 Å². The van der Waals surface area contributed by atoms with Gasteiger partial charge >= 0.3 is 0 Å². The monoisotopic (exact) mass is 572 g/mol. The van der Waals surface area contributed by atoms with Crippen molar-refractivity contribution in [3.8, 4) is 22.3 Å². The SMILES string of the molecule is CCCCCCCCCCCCc1ccc(C)c(-c2ccc(-c3ccccc3S(=O)(=O)O)c(S(=O)(=O)O)c2)c1. The quantitative estimate of drug-likeness (QED) is 0.140. The average Bonchev–Trinajstić information content (AvgIpc) is 2.89. The summed E-state index contributed by atoms with van der Waals surface area (Å²) in [5.41, 5.74) is 3.54. The number of rotatable bonds is 15. The first kappa shape index (κ1) is 31.0. The summed E-state index contributed by atoms with van der Waals surface area (Å²) in [6.45, 7) is 4.17. The standard InChI is InChI=1S/C31H40O6S2/c1-3-4-5-6-7-8-9-10-11-12-15-25-19-18-24(2)29(22-25)26-20-21-28(31(23-26)39(35,36)37)27-16-13-14-17-30(27)38(32,33)34/h13-14,16-23H,3-12,15H2,1-2H3,(H,32,33,34)(H,35,36,37). The molecule has 0 spiro atoms. The maximum absolute atomic E-state index is 12.4. The van der Waals surface area contributed by atoms with Crippen molar-refractivity contribution in [2.24, 2.45) is 0 Å². The summed E-state index contributed by atoms with van der Waals surface area (Å²) in [4.78, 5) is -0.854. The molecular weight excluding hydrogens is 532 g/mol. The third-order valence-corrected chi connectivity index (χ3v) is 8.95. The minimum Gasteiger partial charge on any atom is -0.282 e. The molecular formula is C31H40O6S2. The van der Waals surface area contributed by atoms with Crippen molar-refractivity contribution >= 4 is 20.2 Å². The summed E-state index contributed by atoms with van der Waals surface area (Å²) >= 11 is 0. The van der Waals surface area contributed by atoms with Gasteiger partial charge in [-0.15, -0.1) is 0 Å². The van der Waals surface area contributed by atoms with E-state index in [9.17, 15) is 25.9 Å². The molecule has 3 aromatic carbocycles. The maximum atomic E-state index is 12.4. The van der Waals surface area contributed by atoms with E-state index in [1.807, 2.05) is 13.0 Å². The van der Waals surface area contributed by atoms with Crippen molar-refractivity contribution in [3.05, 3.63) is 71.8 Å². The van der Waals surface area contributed by atoms with Crippen LogP contribution >= 0.6 is 0 Å². The minimum atomic E-state index is -4.71. The van der Waals surface area contributed by atoms with Crippen molar-refractivity contribution < 1.29 is 25.9 Å². The molecule has 39 heavy (non-hydrogen) atoms. The van der Waals surface area contributed by atoms with Gasteiger partial charge in [-0.05, 0) is 54.2 Å². The Labute approximate surface area is 234 Å². The van der Waals surface area contributed by atoms with Gasteiger partial charge in [0.05, 0.1) is 0 Å². The Balaban J connectivity index is 1.77. The van der Waals surface area contributed by atoms with Gasteiger partial charge in [0, 0.05) is 11.1 Å². The molecule has 0 heterocycles. The van der Waals surface area contributed by atoms with Gasteiger partial charge in [-0.2, -0.15) is 16.8 Å². The van der Waals surface area contributed by atoms with Crippen molar-refractivity contribution in [1.29, 1.82) is 0 Å². The fourth-order valence-corrected chi connectivity index (χ4v) is 6.43. The van der Waals surface area contributed by atoms with Crippen LogP contribution in [0.4, 0.5) is 0 Å². The summed E-state index contributed by atoms with van der Waals surface area (Å²) in [5, 5.41) is 0. The van der Waals surface area contributed by atoms with Crippen LogP contribution in [0.5, 0.6) is 0 Å². The molecule has 0 aliphatic carbocycles. The molecule has 8 heteroatoms. The molecule has 3 rings (SSSR count). The molecule has 0 saturated heterocycles. The van der Waals surface area contributed by atoms with Gasteiger partial charge in [-0.1, -0.05) is 113 Å². The Morgan fingerprint density at radius 1 is 0.590 bits per heavy atom. The molecule has 0 saturated carbocycles. The second-order valence-electron chi connectivity index (χ2n) is 10.2. The normalized spacial score (nSPS) is 12.1. The molecule has 0 aliphatic rings. The highest BCUT2D eigenvalue weighted by molar-refractivity contribution is 7.86. The lowest BCUT2D eigenvalue weighted by atomic mass is 9.94. The smallest absolute Gasteiger partial charge is 0.282 e. The molecule has 3 aromatic rings. The number of unbranched alkanes of at least 4 members (excludes halogenated alkanes) is 9. The summed E-state index contributed by atoms with van der Waals surface area (Å²) in [5.74, 6) is 0. The fourth-order valence-electron chi connectivity index (χ4n) is 4.99. The molecule has 212 valence electrons. The molecule has 0 atom stereocenters. The van der Waals surface area contributed by atoms with Crippen molar-refractivity contribution in [3.63, 3.8) is 0 Å². The summed E-state index contributed by atoms with van der Waals surface area (Å²) in [6.07, 6.45) is 13.6. The summed E-state index contributed by atoms with van der Waals surface area (Å²) in [6, 6.07) is 16.2. The van der Waals surface area contributed by atoms with E-state index in [0.717, 1.165) is 29.5 Å². The predicted molar refractivity (Wildman–Crippen MR) is 157 cm³/mol. The van der Waals surface area contributed by atoms with Gasteiger partial charge in [-0.25, -0.2) is 0 Å². The zero-order chi connectivity index (χ0) is 28.5. The van der Waals surface area contributed by atoms with Gasteiger partial charge in [0.25, 0.3) is 20.2 Å². The van der Waals surface area contributed by atoms with E-state index in [4.69, 9.17) is 0 Å². The van der Waals surface area contributed by atoms with E-state index < -0.39 is 30.0 Å². The van der Waals surface area contributed by atoms with Crippen molar-refractivity contribution in [2.75, 3.05) is 0 Å². The summed E-state index contributed by atoms with van der Waals surface area (Å²) < 4.78 is 68.3. The molecule has 2 N–H and O–H groups in total. The van der Waals surface area contributed by atoms with Crippen LogP contribution in [0, 0.1) is 6.92 Å². The second kappa shape index (κ2) is 14.2. The highest BCUT2D eigenvalue weighted by Crippen LogP contribution is 2.36. The number of hydrogen-bond acceptors (Lipinski definition) is 4. The number of benzene rings is 3. The molecule has 0 aliphatic heterocycles. The first-order valence-electron chi connectivity index (χ1n) is 13.8. The van der Waals surface area contributed by atoms with Gasteiger partial charge in [0.15, 0.2) is 0 Å². The van der Waals surface area contributed by atoms with E-state index in [1.165, 1.54) is 94.2 Å². The third-order valence-electron chi connectivity index (χ3n) is 7.15.